The van der Waals surface area contributed by atoms with Gasteiger partial charge in [0.25, 0.3) is 5.91 Å². The normalized spacial score (nSPS) is 25.1. The minimum atomic E-state index is -5.47. The molecule has 0 aliphatic heterocycles. The third kappa shape index (κ3) is 5.07. The van der Waals surface area contributed by atoms with Gasteiger partial charge in [0, 0.05) is 36.8 Å². The second-order valence-corrected chi connectivity index (χ2v) is 12.2. The van der Waals surface area contributed by atoms with E-state index in [1.807, 2.05) is 6.92 Å². The van der Waals surface area contributed by atoms with E-state index in [9.17, 15) is 52.8 Å². The summed E-state index contributed by atoms with van der Waals surface area (Å²) in [5.74, 6) is -9.67. The van der Waals surface area contributed by atoms with Crippen LogP contribution in [0.3, 0.4) is 0 Å². The maximum atomic E-state index is 14.4. The number of aliphatic hydroxyl groups excluding tert-OH is 2. The van der Waals surface area contributed by atoms with Crippen LogP contribution in [0.1, 0.15) is 37.3 Å². The Hall–Kier alpha value is -4.10. The van der Waals surface area contributed by atoms with Crippen LogP contribution in [-0.2, 0) is 40.4 Å². The molecule has 0 spiro atoms. The molecule has 3 aliphatic carbocycles. The number of hydrogen-bond acceptors (Lipinski definition) is 14. The van der Waals surface area contributed by atoms with Crippen molar-refractivity contribution in [3.05, 3.63) is 44.2 Å². The van der Waals surface area contributed by atoms with Gasteiger partial charge in [-0.2, -0.15) is 13.3 Å². The number of carbonyl (C=O) groups excluding carboxylic acids is 3. The molecule has 44 heavy (non-hydrogen) atoms. The molecular weight excluding hydrogens is 608 g/mol. The van der Waals surface area contributed by atoms with E-state index in [1.54, 1.807) is 11.9 Å². The fourth-order valence-electron chi connectivity index (χ4n) is 6.49. The van der Waals surface area contributed by atoms with E-state index < -0.39 is 95.9 Å². The summed E-state index contributed by atoms with van der Waals surface area (Å²) in [4.78, 5) is 59.1. The van der Waals surface area contributed by atoms with Crippen molar-refractivity contribution < 1.29 is 56.8 Å². The molecule has 4 rings (SSSR count). The number of phenolic OH excluding ortho intramolecular Hbond substituents is 1. The molecule has 1 saturated carbocycles. The van der Waals surface area contributed by atoms with Crippen LogP contribution < -0.4 is 10.6 Å². The molecule has 2 unspecified atom stereocenters. The number of nitro groups is 1. The Morgan fingerprint density at radius 2 is 1.86 bits per heavy atom. The number of nitrogens with two attached hydrogens (primary N) is 1. The quantitative estimate of drug-likeness (QED) is 0.0781. The van der Waals surface area contributed by atoms with Crippen LogP contribution in [0.4, 0.5) is 11.4 Å². The molecule has 17 nitrogen and oxygen atoms in total. The van der Waals surface area contributed by atoms with Gasteiger partial charge in [-0.1, -0.05) is 17.7 Å². The molecule has 18 heteroatoms. The summed E-state index contributed by atoms with van der Waals surface area (Å²) in [6.45, 7) is 2.39. The summed E-state index contributed by atoms with van der Waals surface area (Å²) in [7, 11) is -1.01. The van der Waals surface area contributed by atoms with E-state index in [-0.39, 0.29) is 18.4 Å². The Morgan fingerprint density at radius 3 is 2.39 bits per heavy atom. The molecule has 1 amide bonds. The first-order valence-electron chi connectivity index (χ1n) is 13.4. The molecule has 1 aromatic rings. The average molecular weight is 641 g/mol. The van der Waals surface area contributed by atoms with Crippen molar-refractivity contribution in [2.24, 2.45) is 17.6 Å². The van der Waals surface area contributed by atoms with Crippen molar-refractivity contribution in [2.45, 2.75) is 44.2 Å². The number of unbranched alkanes of at least 4 members (excludes halogenated alkanes) is 1. The number of rotatable bonds is 10. The van der Waals surface area contributed by atoms with Gasteiger partial charge < -0.3 is 26.0 Å². The molecule has 4 atom stereocenters. The Labute approximate surface area is 251 Å². The van der Waals surface area contributed by atoms with E-state index in [0.717, 1.165) is 12.5 Å². The minimum absolute atomic E-state index is 0.106. The first-order chi connectivity index (χ1) is 20.4. The number of likely N-dealkylation sites (N-methyl/N-ethyl adjacent to an activating group) is 1. The van der Waals surface area contributed by atoms with Gasteiger partial charge in [0.05, 0.1) is 16.5 Å². The Kier molecular flexibility index (Phi) is 8.53. The van der Waals surface area contributed by atoms with Gasteiger partial charge in [-0.05, 0) is 44.8 Å². The van der Waals surface area contributed by atoms with E-state index in [2.05, 4.69) is 4.33 Å². The topological polar surface area (TPSA) is 260 Å². The van der Waals surface area contributed by atoms with Crippen molar-refractivity contribution in [3.8, 4) is 5.75 Å². The van der Waals surface area contributed by atoms with Crippen LogP contribution in [0.2, 0.25) is 0 Å². The summed E-state index contributed by atoms with van der Waals surface area (Å²) in [5, 5.41) is 45.6. The standard InChI is InChI=1S/C26H32N4O13S/c1-5-6-7-29(4)14-10-15(30(37)38)20(31)17-12(14)8-11-9-13-19(28(2)3)22(33)18(25(27)36)24(35)26(13,42-43-44(39,40)41)23(34)16(11)21(17)32/h10-11,13,19,31-32,35H,5-9H2,1-4H3,(H2,27,36)(H,39,40,41)/t11?,13?,19-,26-/m0/s1. The zero-order chi connectivity index (χ0) is 33.0. The maximum Gasteiger partial charge on any atom is 0.424 e. The van der Waals surface area contributed by atoms with Crippen LogP contribution in [0.5, 0.6) is 5.75 Å². The summed E-state index contributed by atoms with van der Waals surface area (Å²) < 4.78 is 36.5. The number of aliphatic hydroxyl groups is 2. The summed E-state index contributed by atoms with van der Waals surface area (Å²) in [6, 6.07) is -0.287. The number of ketones is 2. The molecule has 0 bridgehead atoms. The van der Waals surface area contributed by atoms with Gasteiger partial charge in [0.15, 0.2) is 11.5 Å². The number of nitro benzene ring substituents is 1. The van der Waals surface area contributed by atoms with E-state index in [4.69, 9.17) is 10.6 Å². The lowest BCUT2D eigenvalue weighted by Gasteiger charge is -2.51. The summed E-state index contributed by atoms with van der Waals surface area (Å²) in [5.41, 5.74) is -0.0226. The monoisotopic (exact) mass is 640 g/mol. The number of amides is 1. The van der Waals surface area contributed by atoms with Crippen LogP contribution in [0.15, 0.2) is 23.0 Å². The number of hydrogen-bond donors (Lipinski definition) is 5. The number of carbonyl (C=O) groups is 3. The van der Waals surface area contributed by atoms with Gasteiger partial charge in [0.1, 0.15) is 11.3 Å². The molecule has 240 valence electrons. The van der Waals surface area contributed by atoms with Crippen LogP contribution in [0, 0.1) is 22.0 Å². The predicted molar refractivity (Wildman–Crippen MR) is 151 cm³/mol. The summed E-state index contributed by atoms with van der Waals surface area (Å²) in [6.07, 6.45) is 1.09. The molecule has 6 N–H and O–H groups in total. The Bertz CT molecular complexity index is 1630. The number of aromatic hydroxyl groups is 1. The van der Waals surface area contributed by atoms with E-state index >= 15 is 0 Å². The highest BCUT2D eigenvalue weighted by molar-refractivity contribution is 7.80. The molecular formula is C26H32N4O13S. The van der Waals surface area contributed by atoms with Gasteiger partial charge in [-0.3, -0.25) is 34.0 Å². The fraction of sp³-hybridized carbons (Fsp3) is 0.500. The SMILES string of the molecule is CCCCN(C)c1cc([N+](=O)[O-])c(O)c2c1CC1CC3[C@H](N(C)C)C(=O)C(C(N)=O)=C(O)[C@@]3(OOS(=O)(=O)O)C(=O)C1=C2O. The third-order valence-electron chi connectivity index (χ3n) is 8.35. The Morgan fingerprint density at radius 1 is 1.23 bits per heavy atom. The number of benzene rings is 1. The highest BCUT2D eigenvalue weighted by Crippen LogP contribution is 2.56. The number of Topliss-reactive ketones (excluding diaryl/α,β-unsaturated/α-hetero) is 2. The Balaban J connectivity index is 2.07. The van der Waals surface area contributed by atoms with Crippen molar-refractivity contribution >= 4 is 45.0 Å². The lowest BCUT2D eigenvalue weighted by atomic mass is 9.57. The van der Waals surface area contributed by atoms with Gasteiger partial charge in [-0.15, -0.1) is 0 Å². The second-order valence-electron chi connectivity index (χ2n) is 11.2. The zero-order valence-electron chi connectivity index (χ0n) is 24.1. The lowest BCUT2D eigenvalue weighted by Crippen LogP contribution is -2.66. The first kappa shape index (κ1) is 32.8. The zero-order valence-corrected chi connectivity index (χ0v) is 25.0. The largest absolute Gasteiger partial charge is 0.508 e. The number of phenols is 1. The number of nitrogens with zero attached hydrogens (tertiary/aromatic N) is 3. The predicted octanol–water partition coefficient (Wildman–Crippen LogP) is 0.867. The van der Waals surface area contributed by atoms with Gasteiger partial charge >= 0.3 is 16.1 Å². The lowest BCUT2D eigenvalue weighted by molar-refractivity contribution is -0.385. The highest BCUT2D eigenvalue weighted by atomic mass is 32.3. The second kappa shape index (κ2) is 11.4. The smallest absolute Gasteiger partial charge is 0.424 e. The molecule has 0 heterocycles. The number of fused-ring (bicyclic) bond motifs is 3. The van der Waals surface area contributed by atoms with Crippen LogP contribution in [-0.4, -0.2) is 94.9 Å². The van der Waals surface area contributed by atoms with Crippen LogP contribution >= 0.6 is 0 Å². The minimum Gasteiger partial charge on any atom is -0.508 e. The highest BCUT2D eigenvalue weighted by Gasteiger charge is 2.67. The fourth-order valence-corrected chi connectivity index (χ4v) is 6.68. The van der Waals surface area contributed by atoms with Crippen LogP contribution in [0.25, 0.3) is 5.76 Å². The molecule has 0 saturated heterocycles. The molecule has 0 radical (unpaired) electrons. The van der Waals surface area contributed by atoms with Crippen molar-refractivity contribution in [1.82, 2.24) is 4.90 Å². The molecule has 1 fully saturated rings. The van der Waals surface area contributed by atoms with Crippen molar-refractivity contribution in [3.63, 3.8) is 0 Å². The van der Waals surface area contributed by atoms with Gasteiger partial charge in [-0.25, -0.2) is 0 Å². The number of primary amides is 1. The summed E-state index contributed by atoms with van der Waals surface area (Å²) >= 11 is 0. The third-order valence-corrected chi connectivity index (χ3v) is 8.59. The molecule has 0 aromatic heterocycles. The van der Waals surface area contributed by atoms with Crippen molar-refractivity contribution in [1.29, 1.82) is 0 Å². The van der Waals surface area contributed by atoms with E-state index in [0.29, 0.717) is 18.7 Å². The first-order valence-corrected chi connectivity index (χ1v) is 14.8. The van der Waals surface area contributed by atoms with E-state index in [1.165, 1.54) is 19.0 Å². The average Bonchev–Trinajstić information content (AvgIpc) is 2.90. The van der Waals surface area contributed by atoms with Crippen molar-refractivity contribution in [2.75, 3.05) is 32.6 Å². The molecule has 3 aliphatic rings. The van der Waals surface area contributed by atoms with Gasteiger partial charge in [0.2, 0.25) is 17.1 Å². The number of anilines is 1. The molecule has 1 aromatic carbocycles. The maximum absolute atomic E-state index is 14.4.